The summed E-state index contributed by atoms with van der Waals surface area (Å²) in [5, 5.41) is 0. The van der Waals surface area contributed by atoms with Crippen LogP contribution in [-0.4, -0.2) is 46.9 Å². The van der Waals surface area contributed by atoms with Gasteiger partial charge in [0, 0.05) is 7.05 Å². The van der Waals surface area contributed by atoms with E-state index < -0.39 is 17.6 Å². The molecule has 2 aliphatic rings. The molecule has 0 bridgehead atoms. The molecule has 114 valence electrons. The van der Waals surface area contributed by atoms with Gasteiger partial charge in [-0.2, -0.15) is 0 Å². The van der Waals surface area contributed by atoms with Gasteiger partial charge in [0.25, 0.3) is 5.91 Å². The summed E-state index contributed by atoms with van der Waals surface area (Å²) in [5.41, 5.74) is 0.237. The van der Waals surface area contributed by atoms with E-state index in [0.29, 0.717) is 11.3 Å². The van der Waals surface area contributed by atoms with E-state index in [1.54, 1.807) is 33.9 Å². The van der Waals surface area contributed by atoms with Gasteiger partial charge in [-0.05, 0) is 33.6 Å². The van der Waals surface area contributed by atoms with Gasteiger partial charge in [-0.3, -0.25) is 9.59 Å². The minimum atomic E-state index is -0.790. The summed E-state index contributed by atoms with van der Waals surface area (Å²) in [7, 11) is 1.61. The Kier molecular flexibility index (Phi) is 3.89. The topological polar surface area (TPSA) is 66.9 Å². The number of ether oxygens (including phenoxy) is 1. The third-order valence-electron chi connectivity index (χ3n) is 3.25. The molecule has 1 fully saturated rings. The van der Waals surface area contributed by atoms with Crippen LogP contribution in [0.25, 0.3) is 0 Å². The van der Waals surface area contributed by atoms with Crippen molar-refractivity contribution >= 4 is 17.9 Å². The van der Waals surface area contributed by atoms with E-state index in [0.717, 1.165) is 17.7 Å². The Morgan fingerprint density at radius 3 is 2.43 bits per heavy atom. The molecular weight excluding hydrogens is 272 g/mol. The van der Waals surface area contributed by atoms with Gasteiger partial charge in [-0.1, -0.05) is 12.2 Å². The molecule has 0 aromatic carbocycles. The number of amides is 3. The molecule has 0 saturated carbocycles. The summed E-state index contributed by atoms with van der Waals surface area (Å²) in [6.45, 7) is 4.84. The minimum absolute atomic E-state index is 0.307. The van der Waals surface area contributed by atoms with Crippen LogP contribution in [0.2, 0.25) is 0 Å². The highest BCUT2D eigenvalue weighted by Crippen LogP contribution is 2.27. The number of likely N-dealkylation sites (N-methyl/N-ethyl adjacent to an activating group) is 1. The van der Waals surface area contributed by atoms with Gasteiger partial charge in [-0.25, -0.2) is 9.69 Å². The molecule has 3 amide bonds. The van der Waals surface area contributed by atoms with Gasteiger partial charge in [-0.15, -0.1) is 0 Å². The Labute approximate surface area is 124 Å². The van der Waals surface area contributed by atoms with Crippen LogP contribution in [0.5, 0.6) is 0 Å². The third-order valence-corrected chi connectivity index (χ3v) is 3.25. The van der Waals surface area contributed by atoms with Crippen molar-refractivity contribution in [3.63, 3.8) is 0 Å². The van der Waals surface area contributed by atoms with Crippen LogP contribution < -0.4 is 0 Å². The molecule has 1 aliphatic carbocycles. The highest BCUT2D eigenvalue weighted by atomic mass is 16.6. The summed E-state index contributed by atoms with van der Waals surface area (Å²) >= 11 is 0. The molecule has 0 radical (unpaired) electrons. The lowest BCUT2D eigenvalue weighted by molar-refractivity contribution is -0.133. The molecule has 0 aromatic rings. The average molecular weight is 292 g/mol. The Balaban J connectivity index is 2.34. The number of carbonyl (C=O) groups excluding carboxylic acids is 3. The van der Waals surface area contributed by atoms with Crippen LogP contribution in [0, 0.1) is 0 Å². The zero-order valence-corrected chi connectivity index (χ0v) is 12.8. The number of nitrogens with zero attached hydrogens (tertiary/aromatic N) is 2. The normalized spacial score (nSPS) is 19.6. The quantitative estimate of drug-likeness (QED) is 0.683. The number of hydrogen-bond donors (Lipinski definition) is 0. The Morgan fingerprint density at radius 2 is 1.81 bits per heavy atom. The predicted octanol–water partition coefficient (Wildman–Crippen LogP) is 1.83. The molecule has 0 spiro atoms. The molecule has 0 unspecified atom stereocenters. The molecule has 1 saturated heterocycles. The molecule has 0 N–H and O–H groups in total. The number of hydrogen-bond acceptors (Lipinski definition) is 4. The maximum atomic E-state index is 12.5. The van der Waals surface area contributed by atoms with E-state index in [4.69, 9.17) is 4.74 Å². The first kappa shape index (κ1) is 15.3. The smallest absolute Gasteiger partial charge is 0.417 e. The van der Waals surface area contributed by atoms with Gasteiger partial charge in [0.2, 0.25) is 5.91 Å². The van der Waals surface area contributed by atoms with Crippen molar-refractivity contribution in [1.29, 1.82) is 0 Å². The van der Waals surface area contributed by atoms with Gasteiger partial charge >= 0.3 is 6.09 Å². The van der Waals surface area contributed by atoms with E-state index >= 15 is 0 Å². The number of fused-ring (bicyclic) bond motifs is 1. The Hall–Kier alpha value is -2.11. The zero-order valence-electron chi connectivity index (χ0n) is 12.8. The van der Waals surface area contributed by atoms with Gasteiger partial charge in [0.15, 0.2) is 0 Å². The highest BCUT2D eigenvalue weighted by molar-refractivity contribution is 6.09. The zero-order chi connectivity index (χ0) is 15.8. The summed E-state index contributed by atoms with van der Waals surface area (Å²) in [4.78, 5) is 39.2. The van der Waals surface area contributed by atoms with Crippen molar-refractivity contribution in [2.75, 3.05) is 13.6 Å². The van der Waals surface area contributed by atoms with Crippen LogP contribution in [0.1, 0.15) is 33.6 Å². The van der Waals surface area contributed by atoms with Crippen molar-refractivity contribution in [3.05, 3.63) is 23.4 Å². The molecule has 6 nitrogen and oxygen atoms in total. The lowest BCUT2D eigenvalue weighted by Crippen LogP contribution is -2.43. The first-order valence-corrected chi connectivity index (χ1v) is 6.93. The summed E-state index contributed by atoms with van der Waals surface area (Å²) in [6.07, 6.45) is 4.32. The largest absolute Gasteiger partial charge is 0.443 e. The Bertz CT molecular complexity index is 555. The lowest BCUT2D eigenvalue weighted by atomic mass is 10.0. The van der Waals surface area contributed by atoms with Crippen LogP contribution in [-0.2, 0) is 14.3 Å². The molecule has 6 heteroatoms. The monoisotopic (exact) mass is 292 g/mol. The second-order valence-corrected chi connectivity index (χ2v) is 6.11. The second kappa shape index (κ2) is 5.35. The first-order valence-electron chi connectivity index (χ1n) is 6.93. The maximum absolute atomic E-state index is 12.5. The molecule has 21 heavy (non-hydrogen) atoms. The Morgan fingerprint density at radius 1 is 1.19 bits per heavy atom. The van der Waals surface area contributed by atoms with E-state index in [1.165, 1.54) is 4.90 Å². The summed E-state index contributed by atoms with van der Waals surface area (Å²) in [5.74, 6) is -0.793. The number of allylic oxidation sites excluding steroid dienone is 2. The van der Waals surface area contributed by atoms with Crippen molar-refractivity contribution in [3.8, 4) is 0 Å². The van der Waals surface area contributed by atoms with Crippen molar-refractivity contribution in [1.82, 2.24) is 9.80 Å². The highest BCUT2D eigenvalue weighted by Gasteiger charge is 2.37. The van der Waals surface area contributed by atoms with Gasteiger partial charge in [0.05, 0.1) is 11.3 Å². The van der Waals surface area contributed by atoms with Crippen LogP contribution >= 0.6 is 0 Å². The fourth-order valence-corrected chi connectivity index (χ4v) is 2.23. The van der Waals surface area contributed by atoms with Gasteiger partial charge < -0.3 is 9.64 Å². The predicted molar refractivity (Wildman–Crippen MR) is 76.1 cm³/mol. The first-order chi connectivity index (χ1) is 9.70. The van der Waals surface area contributed by atoms with Gasteiger partial charge in [0.1, 0.15) is 12.1 Å². The van der Waals surface area contributed by atoms with Crippen molar-refractivity contribution < 1.29 is 19.1 Å². The molecule has 2 rings (SSSR count). The number of imide groups is 1. The van der Waals surface area contributed by atoms with Crippen molar-refractivity contribution in [2.24, 2.45) is 0 Å². The van der Waals surface area contributed by atoms with Crippen LogP contribution in [0.3, 0.4) is 0 Å². The van der Waals surface area contributed by atoms with E-state index in [-0.39, 0.29) is 12.5 Å². The molecule has 1 heterocycles. The third kappa shape index (κ3) is 3.15. The fraction of sp³-hybridized carbons (Fsp3) is 0.533. The average Bonchev–Trinajstić information content (AvgIpc) is 2.48. The maximum Gasteiger partial charge on any atom is 0.417 e. The molecule has 0 aromatic heterocycles. The van der Waals surface area contributed by atoms with E-state index in [2.05, 4.69) is 0 Å². The molecule has 0 atom stereocenters. The number of rotatable bonds is 0. The van der Waals surface area contributed by atoms with E-state index in [9.17, 15) is 14.4 Å². The van der Waals surface area contributed by atoms with Crippen LogP contribution in [0.4, 0.5) is 4.79 Å². The molecule has 1 aliphatic heterocycles. The van der Waals surface area contributed by atoms with E-state index in [1.807, 2.05) is 6.08 Å². The van der Waals surface area contributed by atoms with Crippen LogP contribution in [0.15, 0.2) is 23.4 Å². The SMILES string of the molecule is CN1C(=O)CN(C(=O)OC(C)(C)C)C(=O)C2=CCCC=C21. The standard InChI is InChI=1S/C15H20N2O4/c1-15(2,3)21-14(20)17-9-12(18)16(4)11-8-6-5-7-10(11)13(17)19/h7-8H,5-6,9H2,1-4H3. The fourth-order valence-electron chi connectivity index (χ4n) is 2.23. The minimum Gasteiger partial charge on any atom is -0.443 e. The second-order valence-electron chi connectivity index (χ2n) is 6.11. The lowest BCUT2D eigenvalue weighted by Gasteiger charge is -2.25. The van der Waals surface area contributed by atoms with Crippen molar-refractivity contribution in [2.45, 2.75) is 39.2 Å². The molecular formula is C15H20N2O4. The summed E-state index contributed by atoms with van der Waals surface area (Å²) < 4.78 is 5.22. The number of carbonyl (C=O) groups is 3. The summed E-state index contributed by atoms with van der Waals surface area (Å²) in [6, 6.07) is 0.